The standard InChI is InChI=1S/C13H20BrN3S/c1-12(2,3)11-16-9(14)7-10(17-11)15-8-13(18-4)5-6-13/h7H,5-6,8H2,1-4H3,(H,15,16,17). The molecule has 0 amide bonds. The second kappa shape index (κ2) is 5.00. The molecule has 0 aromatic carbocycles. The van der Waals surface area contributed by atoms with E-state index < -0.39 is 0 Å². The van der Waals surface area contributed by atoms with Gasteiger partial charge < -0.3 is 5.32 Å². The van der Waals surface area contributed by atoms with Crippen molar-refractivity contribution in [2.45, 2.75) is 43.8 Å². The molecule has 1 fully saturated rings. The van der Waals surface area contributed by atoms with E-state index in [2.05, 4.69) is 58.2 Å². The number of anilines is 1. The third kappa shape index (κ3) is 3.38. The van der Waals surface area contributed by atoms with Crippen molar-refractivity contribution in [2.24, 2.45) is 0 Å². The summed E-state index contributed by atoms with van der Waals surface area (Å²) in [4.78, 5) is 9.05. The van der Waals surface area contributed by atoms with Gasteiger partial charge in [0, 0.05) is 22.8 Å². The quantitative estimate of drug-likeness (QED) is 0.851. The van der Waals surface area contributed by atoms with Gasteiger partial charge >= 0.3 is 0 Å². The SMILES string of the molecule is CSC1(CNc2cc(Br)nc(C(C)(C)C)n2)CC1. The van der Waals surface area contributed by atoms with Gasteiger partial charge in [-0.15, -0.1) is 0 Å². The van der Waals surface area contributed by atoms with E-state index in [1.54, 1.807) is 0 Å². The zero-order valence-corrected chi connectivity index (χ0v) is 13.8. The Morgan fingerprint density at radius 2 is 2.06 bits per heavy atom. The molecule has 1 aliphatic carbocycles. The first-order chi connectivity index (χ1) is 8.35. The summed E-state index contributed by atoms with van der Waals surface area (Å²) in [6.07, 6.45) is 4.80. The maximum atomic E-state index is 4.61. The van der Waals surface area contributed by atoms with Gasteiger partial charge in [-0.05, 0) is 35.0 Å². The van der Waals surface area contributed by atoms with E-state index in [-0.39, 0.29) is 5.41 Å². The maximum Gasteiger partial charge on any atom is 0.137 e. The lowest BCUT2D eigenvalue weighted by atomic mass is 9.96. The van der Waals surface area contributed by atoms with Gasteiger partial charge in [0.1, 0.15) is 16.2 Å². The van der Waals surface area contributed by atoms with Gasteiger partial charge in [0.25, 0.3) is 0 Å². The second-order valence-corrected chi connectivity index (χ2v) is 7.98. The summed E-state index contributed by atoms with van der Waals surface area (Å²) in [5.74, 6) is 1.79. The molecule has 0 bridgehead atoms. The molecule has 5 heteroatoms. The first kappa shape index (κ1) is 14.1. The van der Waals surface area contributed by atoms with Crippen molar-refractivity contribution in [2.75, 3.05) is 18.1 Å². The lowest BCUT2D eigenvalue weighted by Crippen LogP contribution is -2.21. The van der Waals surface area contributed by atoms with Gasteiger partial charge in [-0.2, -0.15) is 11.8 Å². The molecule has 0 unspecified atom stereocenters. The number of thioether (sulfide) groups is 1. The molecule has 3 nitrogen and oxygen atoms in total. The van der Waals surface area contributed by atoms with Gasteiger partial charge in [-0.1, -0.05) is 20.8 Å². The summed E-state index contributed by atoms with van der Waals surface area (Å²) in [5.41, 5.74) is -0.0308. The fourth-order valence-electron chi connectivity index (χ4n) is 1.69. The Morgan fingerprint density at radius 3 is 2.56 bits per heavy atom. The van der Waals surface area contributed by atoms with Crippen LogP contribution in [0.1, 0.15) is 39.4 Å². The van der Waals surface area contributed by atoms with E-state index in [0.29, 0.717) is 4.75 Å². The number of nitrogens with zero attached hydrogens (tertiary/aromatic N) is 2. The van der Waals surface area contributed by atoms with Crippen molar-refractivity contribution >= 4 is 33.5 Å². The molecule has 18 heavy (non-hydrogen) atoms. The predicted molar refractivity (Wildman–Crippen MR) is 82.4 cm³/mol. The van der Waals surface area contributed by atoms with Crippen LogP contribution in [0.3, 0.4) is 0 Å². The molecule has 0 saturated heterocycles. The Morgan fingerprint density at radius 1 is 1.39 bits per heavy atom. The van der Waals surface area contributed by atoms with Crippen molar-refractivity contribution in [1.82, 2.24) is 9.97 Å². The van der Waals surface area contributed by atoms with Crippen LogP contribution in [0.2, 0.25) is 0 Å². The monoisotopic (exact) mass is 329 g/mol. The topological polar surface area (TPSA) is 37.8 Å². The molecule has 0 aliphatic heterocycles. The molecule has 1 N–H and O–H groups in total. The van der Waals surface area contributed by atoms with Gasteiger partial charge in [-0.3, -0.25) is 0 Å². The van der Waals surface area contributed by atoms with Gasteiger partial charge in [-0.25, -0.2) is 9.97 Å². The summed E-state index contributed by atoms with van der Waals surface area (Å²) in [6.45, 7) is 7.37. The van der Waals surface area contributed by atoms with Gasteiger partial charge in [0.05, 0.1) is 0 Å². The zero-order valence-electron chi connectivity index (χ0n) is 11.4. The van der Waals surface area contributed by atoms with Crippen LogP contribution in [0.5, 0.6) is 0 Å². The Bertz CT molecular complexity index is 438. The van der Waals surface area contributed by atoms with Crippen LogP contribution >= 0.6 is 27.7 Å². The van der Waals surface area contributed by atoms with Crippen LogP contribution in [0.15, 0.2) is 10.7 Å². The van der Waals surface area contributed by atoms with Crippen LogP contribution in [0.25, 0.3) is 0 Å². The van der Waals surface area contributed by atoms with Crippen LogP contribution < -0.4 is 5.32 Å². The van der Waals surface area contributed by atoms with Crippen LogP contribution in [0.4, 0.5) is 5.82 Å². The smallest absolute Gasteiger partial charge is 0.137 e. The minimum atomic E-state index is -0.0308. The van der Waals surface area contributed by atoms with Gasteiger partial charge in [0.2, 0.25) is 0 Å². The summed E-state index contributed by atoms with van der Waals surface area (Å²) >= 11 is 5.42. The Labute approximate surface area is 122 Å². The van der Waals surface area contributed by atoms with E-state index in [9.17, 15) is 0 Å². The average Bonchev–Trinajstić information content (AvgIpc) is 3.05. The molecular weight excluding hydrogens is 310 g/mol. The molecule has 1 saturated carbocycles. The van der Waals surface area contributed by atoms with E-state index in [1.165, 1.54) is 12.8 Å². The molecular formula is C13H20BrN3S. The molecule has 1 heterocycles. The summed E-state index contributed by atoms with van der Waals surface area (Å²) in [6, 6.07) is 1.95. The molecule has 1 aromatic heterocycles. The van der Waals surface area contributed by atoms with E-state index in [1.807, 2.05) is 17.8 Å². The molecule has 1 aliphatic rings. The minimum Gasteiger partial charge on any atom is -0.369 e. The average molecular weight is 330 g/mol. The highest BCUT2D eigenvalue weighted by molar-refractivity contribution is 9.10. The van der Waals surface area contributed by atoms with Crippen molar-refractivity contribution in [1.29, 1.82) is 0 Å². The van der Waals surface area contributed by atoms with Gasteiger partial charge in [0.15, 0.2) is 0 Å². The van der Waals surface area contributed by atoms with Crippen LogP contribution in [-0.2, 0) is 5.41 Å². The predicted octanol–water partition coefficient (Wildman–Crippen LogP) is 3.84. The Kier molecular flexibility index (Phi) is 3.93. The number of hydrogen-bond donors (Lipinski definition) is 1. The minimum absolute atomic E-state index is 0.0308. The van der Waals surface area contributed by atoms with Crippen molar-refractivity contribution in [3.05, 3.63) is 16.5 Å². The first-order valence-electron chi connectivity index (χ1n) is 6.19. The van der Waals surface area contributed by atoms with Crippen molar-refractivity contribution in [3.8, 4) is 0 Å². The van der Waals surface area contributed by atoms with Crippen molar-refractivity contribution < 1.29 is 0 Å². The highest BCUT2D eigenvalue weighted by Crippen LogP contribution is 2.47. The van der Waals surface area contributed by atoms with Crippen LogP contribution in [-0.4, -0.2) is 27.5 Å². The highest BCUT2D eigenvalue weighted by atomic mass is 79.9. The lowest BCUT2D eigenvalue weighted by molar-refractivity contribution is 0.544. The van der Waals surface area contributed by atoms with Crippen LogP contribution in [0, 0.1) is 0 Å². The number of nitrogens with one attached hydrogen (secondary N) is 1. The Hall–Kier alpha value is -0.290. The third-order valence-electron chi connectivity index (χ3n) is 3.20. The van der Waals surface area contributed by atoms with E-state index >= 15 is 0 Å². The summed E-state index contributed by atoms with van der Waals surface area (Å²) in [5, 5.41) is 3.45. The summed E-state index contributed by atoms with van der Waals surface area (Å²) < 4.78 is 1.29. The molecule has 0 spiro atoms. The largest absolute Gasteiger partial charge is 0.369 e. The molecule has 2 rings (SSSR count). The van der Waals surface area contributed by atoms with E-state index in [0.717, 1.165) is 22.8 Å². The number of rotatable bonds is 4. The third-order valence-corrected chi connectivity index (χ3v) is 5.02. The summed E-state index contributed by atoms with van der Waals surface area (Å²) in [7, 11) is 0. The number of hydrogen-bond acceptors (Lipinski definition) is 4. The fourth-order valence-corrected chi connectivity index (χ4v) is 2.80. The molecule has 100 valence electrons. The Balaban J connectivity index is 2.11. The fraction of sp³-hybridized carbons (Fsp3) is 0.692. The number of aromatic nitrogens is 2. The van der Waals surface area contributed by atoms with Crippen molar-refractivity contribution in [3.63, 3.8) is 0 Å². The zero-order chi connectivity index (χ0) is 13.4. The number of halogens is 1. The van der Waals surface area contributed by atoms with E-state index in [4.69, 9.17) is 0 Å². The second-order valence-electron chi connectivity index (χ2n) is 5.89. The molecule has 0 radical (unpaired) electrons. The maximum absolute atomic E-state index is 4.61. The molecule has 1 aromatic rings. The molecule has 0 atom stereocenters. The normalized spacial score (nSPS) is 17.6. The lowest BCUT2D eigenvalue weighted by Gasteiger charge is -2.19. The highest BCUT2D eigenvalue weighted by Gasteiger charge is 2.41. The first-order valence-corrected chi connectivity index (χ1v) is 8.21.